The van der Waals surface area contributed by atoms with Crippen LogP contribution in [0.15, 0.2) is 42.7 Å². The molecule has 0 saturated carbocycles. The second-order valence-corrected chi connectivity index (χ2v) is 6.86. The minimum Gasteiger partial charge on any atom is -0.492 e. The molecule has 1 aromatic carbocycles. The van der Waals surface area contributed by atoms with Gasteiger partial charge in [-0.1, -0.05) is 0 Å². The third-order valence-electron chi connectivity index (χ3n) is 4.92. The molecule has 1 unspecified atom stereocenters. The van der Waals surface area contributed by atoms with Gasteiger partial charge in [0.1, 0.15) is 29.6 Å². The number of amides is 1. The van der Waals surface area contributed by atoms with Gasteiger partial charge in [-0.15, -0.1) is 0 Å². The van der Waals surface area contributed by atoms with Crippen LogP contribution in [0.5, 0.6) is 5.75 Å². The molecule has 146 valence electrons. The molecule has 0 aliphatic carbocycles. The second-order valence-electron chi connectivity index (χ2n) is 6.86. The van der Waals surface area contributed by atoms with Crippen LogP contribution in [0.1, 0.15) is 30.1 Å². The van der Waals surface area contributed by atoms with E-state index in [2.05, 4.69) is 27.2 Å². The average Bonchev–Trinajstić information content (AvgIpc) is 3.32. The van der Waals surface area contributed by atoms with Crippen molar-refractivity contribution in [2.24, 2.45) is 0 Å². The highest BCUT2D eigenvalue weighted by Crippen LogP contribution is 2.24. The highest BCUT2D eigenvalue weighted by atomic mass is 19.1. The molecule has 4 rings (SSSR count). The number of hydrogen-bond acceptors (Lipinski definition) is 5. The summed E-state index contributed by atoms with van der Waals surface area (Å²) in [6.07, 6.45) is 5.65. The molecule has 3 aromatic rings. The smallest absolute Gasteiger partial charge is 0.256 e. The zero-order valence-electron chi connectivity index (χ0n) is 15.6. The van der Waals surface area contributed by atoms with Crippen LogP contribution >= 0.6 is 0 Å². The molecule has 1 fully saturated rings. The summed E-state index contributed by atoms with van der Waals surface area (Å²) in [6.45, 7) is 3.75. The van der Waals surface area contributed by atoms with Crippen LogP contribution in [0.3, 0.4) is 0 Å². The first-order valence-corrected chi connectivity index (χ1v) is 9.39. The molecular weight excluding hydrogens is 361 g/mol. The highest BCUT2D eigenvalue weighted by Gasteiger charge is 2.23. The average molecular weight is 383 g/mol. The summed E-state index contributed by atoms with van der Waals surface area (Å²) in [7, 11) is 0. The van der Waals surface area contributed by atoms with E-state index in [1.165, 1.54) is 18.3 Å². The lowest BCUT2D eigenvalue weighted by molar-refractivity contribution is 0.0948. The maximum Gasteiger partial charge on any atom is 0.256 e. The van der Waals surface area contributed by atoms with Crippen molar-refractivity contribution in [3.8, 4) is 5.75 Å². The van der Waals surface area contributed by atoms with E-state index in [0.717, 1.165) is 25.2 Å². The van der Waals surface area contributed by atoms with Crippen LogP contribution in [0.4, 0.5) is 10.2 Å². The summed E-state index contributed by atoms with van der Waals surface area (Å²) in [5.41, 5.74) is 0.962. The molecule has 1 atom stereocenters. The van der Waals surface area contributed by atoms with Crippen LogP contribution in [0, 0.1) is 5.82 Å². The number of rotatable bonds is 6. The van der Waals surface area contributed by atoms with Gasteiger partial charge < -0.3 is 15.0 Å². The minimum absolute atomic E-state index is 0.253. The van der Waals surface area contributed by atoms with Gasteiger partial charge in [-0.25, -0.2) is 13.9 Å². The normalized spacial score (nSPS) is 16.5. The first kappa shape index (κ1) is 18.2. The van der Waals surface area contributed by atoms with Crippen molar-refractivity contribution in [3.05, 3.63) is 54.1 Å². The van der Waals surface area contributed by atoms with Crippen molar-refractivity contribution in [2.75, 3.05) is 24.6 Å². The predicted octanol–water partition coefficient (Wildman–Crippen LogP) is 2.67. The van der Waals surface area contributed by atoms with Gasteiger partial charge in [0.15, 0.2) is 5.65 Å². The van der Waals surface area contributed by atoms with Crippen LogP contribution in [0.2, 0.25) is 0 Å². The lowest BCUT2D eigenvalue weighted by Crippen LogP contribution is -2.29. The summed E-state index contributed by atoms with van der Waals surface area (Å²) in [5.74, 6) is 0.852. The van der Waals surface area contributed by atoms with Gasteiger partial charge in [0.25, 0.3) is 5.91 Å². The van der Waals surface area contributed by atoms with Gasteiger partial charge in [-0.2, -0.15) is 5.10 Å². The Morgan fingerprint density at radius 2 is 2.14 bits per heavy atom. The summed E-state index contributed by atoms with van der Waals surface area (Å²) >= 11 is 0. The van der Waals surface area contributed by atoms with Crippen LogP contribution in [-0.2, 0) is 0 Å². The van der Waals surface area contributed by atoms with E-state index in [4.69, 9.17) is 4.74 Å². The zero-order chi connectivity index (χ0) is 19.5. The number of halogens is 1. The lowest BCUT2D eigenvalue weighted by atomic mass is 10.2. The topological polar surface area (TPSA) is 71.8 Å². The molecule has 1 aliphatic rings. The number of anilines is 1. The van der Waals surface area contributed by atoms with Gasteiger partial charge in [0.2, 0.25) is 0 Å². The largest absolute Gasteiger partial charge is 0.492 e. The van der Waals surface area contributed by atoms with Crippen molar-refractivity contribution in [2.45, 2.75) is 25.8 Å². The number of nitrogens with zero attached hydrogens (tertiary/aromatic N) is 4. The Kier molecular flexibility index (Phi) is 5.10. The molecular formula is C20H22FN5O2. The third kappa shape index (κ3) is 3.76. The Labute approximate surface area is 162 Å². The molecule has 1 amide bonds. The van der Waals surface area contributed by atoms with Gasteiger partial charge in [-0.3, -0.25) is 4.79 Å². The summed E-state index contributed by atoms with van der Waals surface area (Å²) in [4.78, 5) is 19.5. The van der Waals surface area contributed by atoms with Crippen molar-refractivity contribution in [3.63, 3.8) is 0 Å². The quantitative estimate of drug-likeness (QED) is 0.663. The number of nitrogens with one attached hydrogen (secondary N) is 1. The minimum atomic E-state index is -0.316. The monoisotopic (exact) mass is 383 g/mol. The molecule has 0 bridgehead atoms. The summed E-state index contributed by atoms with van der Waals surface area (Å²) in [6, 6.07) is 8.13. The first-order chi connectivity index (χ1) is 13.6. The number of carbonyl (C=O) groups is 1. The number of hydrogen-bond donors (Lipinski definition) is 1. The Morgan fingerprint density at radius 1 is 1.32 bits per heavy atom. The number of aromatic nitrogens is 3. The Balaban J connectivity index is 1.40. The van der Waals surface area contributed by atoms with E-state index in [9.17, 15) is 9.18 Å². The number of carbonyl (C=O) groups excluding carboxylic acids is 1. The molecule has 2 aromatic heterocycles. The van der Waals surface area contributed by atoms with Crippen LogP contribution in [-0.4, -0.2) is 46.2 Å². The molecule has 8 heteroatoms. The van der Waals surface area contributed by atoms with Gasteiger partial charge in [0, 0.05) is 18.8 Å². The molecule has 28 heavy (non-hydrogen) atoms. The van der Waals surface area contributed by atoms with Gasteiger partial charge in [0.05, 0.1) is 12.7 Å². The zero-order valence-corrected chi connectivity index (χ0v) is 15.6. The summed E-state index contributed by atoms with van der Waals surface area (Å²) in [5, 5.41) is 7.03. The van der Waals surface area contributed by atoms with Gasteiger partial charge in [-0.05, 0) is 50.1 Å². The van der Waals surface area contributed by atoms with Crippen molar-refractivity contribution in [1.82, 2.24) is 19.9 Å². The SMILES string of the molecule is CC1CCCN1c1ccn2ncc(C(=O)NCCOc3ccc(F)cc3)c2n1. The molecule has 3 heterocycles. The number of ether oxygens (including phenoxy) is 1. The fourth-order valence-corrected chi connectivity index (χ4v) is 3.41. The third-order valence-corrected chi connectivity index (χ3v) is 4.92. The van der Waals surface area contributed by atoms with E-state index in [1.54, 1.807) is 16.6 Å². The Morgan fingerprint density at radius 3 is 2.89 bits per heavy atom. The van der Waals surface area contributed by atoms with E-state index in [1.807, 2.05) is 12.3 Å². The van der Waals surface area contributed by atoms with Crippen molar-refractivity contribution in [1.29, 1.82) is 0 Å². The molecule has 0 spiro atoms. The maximum atomic E-state index is 12.9. The second kappa shape index (κ2) is 7.84. The fraction of sp³-hybridized carbons (Fsp3) is 0.350. The van der Waals surface area contributed by atoms with E-state index < -0.39 is 0 Å². The Bertz CT molecular complexity index is 972. The molecule has 1 saturated heterocycles. The summed E-state index contributed by atoms with van der Waals surface area (Å²) < 4.78 is 20.0. The van der Waals surface area contributed by atoms with E-state index in [0.29, 0.717) is 29.5 Å². The Hall–Kier alpha value is -3.16. The van der Waals surface area contributed by atoms with Crippen LogP contribution < -0.4 is 15.0 Å². The molecule has 0 radical (unpaired) electrons. The lowest BCUT2D eigenvalue weighted by Gasteiger charge is -2.22. The van der Waals surface area contributed by atoms with Crippen molar-refractivity contribution >= 4 is 17.4 Å². The van der Waals surface area contributed by atoms with E-state index in [-0.39, 0.29) is 18.3 Å². The fourth-order valence-electron chi connectivity index (χ4n) is 3.41. The molecule has 1 N–H and O–H groups in total. The molecule has 7 nitrogen and oxygen atoms in total. The van der Waals surface area contributed by atoms with Crippen molar-refractivity contribution < 1.29 is 13.9 Å². The predicted molar refractivity (Wildman–Crippen MR) is 103 cm³/mol. The standard InChI is InChI=1S/C20H22FN5O2/c1-14-3-2-10-25(14)18-8-11-26-19(24-18)17(13-23-26)20(27)22-9-12-28-16-6-4-15(21)5-7-16/h4-8,11,13-14H,2-3,9-10,12H2,1H3,(H,22,27). The first-order valence-electron chi connectivity index (χ1n) is 9.39. The number of benzene rings is 1. The number of fused-ring (bicyclic) bond motifs is 1. The highest BCUT2D eigenvalue weighted by molar-refractivity contribution is 5.99. The maximum absolute atomic E-state index is 12.9. The molecule has 1 aliphatic heterocycles. The van der Waals surface area contributed by atoms with Gasteiger partial charge >= 0.3 is 0 Å². The van der Waals surface area contributed by atoms with Crippen LogP contribution in [0.25, 0.3) is 5.65 Å². The van der Waals surface area contributed by atoms with E-state index >= 15 is 0 Å².